The van der Waals surface area contributed by atoms with Crippen LogP contribution in [0.2, 0.25) is 0 Å². The van der Waals surface area contributed by atoms with Gasteiger partial charge in [-0.1, -0.05) is 134 Å². The van der Waals surface area contributed by atoms with Crippen LogP contribution >= 0.6 is 0 Å². The van der Waals surface area contributed by atoms with E-state index in [-0.39, 0.29) is 41.9 Å². The predicted molar refractivity (Wildman–Crippen MR) is 244 cm³/mol. The van der Waals surface area contributed by atoms with Crippen molar-refractivity contribution in [2.24, 2.45) is 5.92 Å². The number of carbonyl (C=O) groups is 3. The maximum atomic E-state index is 13.8. The molecule has 330 valence electrons. The van der Waals surface area contributed by atoms with Crippen LogP contribution in [0, 0.1) is 12.8 Å². The predicted octanol–water partition coefficient (Wildman–Crippen LogP) is 7.54. The third-order valence-electron chi connectivity index (χ3n) is 10.5. The lowest BCUT2D eigenvalue weighted by Crippen LogP contribution is -2.50. The van der Waals surface area contributed by atoms with Crippen LogP contribution in [0.1, 0.15) is 140 Å². The summed E-state index contributed by atoms with van der Waals surface area (Å²) < 4.78 is 168. The third-order valence-corrected chi connectivity index (χ3v) is 10.5. The second-order valence-electron chi connectivity index (χ2n) is 15.7. The Bertz CT molecular complexity index is 3620. The molecule has 3 atom stereocenters. The number of ether oxygens (including phenoxy) is 1. The first-order chi connectivity index (χ1) is 38.6. The molecular formula is C51H54N6O7. The minimum absolute atomic E-state index is 0.0191. The van der Waals surface area contributed by atoms with Gasteiger partial charge in [0.05, 0.1) is 56.4 Å². The molecular weight excluding hydrogens is 809 g/mol. The number of carbonyl (C=O) groups excluding carboxylic acids is 3. The Labute approximate surface area is 399 Å². The number of benzene rings is 4. The van der Waals surface area contributed by atoms with Gasteiger partial charge in [0.25, 0.3) is 11.8 Å². The number of rotatable bonds is 10. The van der Waals surface area contributed by atoms with Crippen LogP contribution in [0.15, 0.2) is 137 Å². The van der Waals surface area contributed by atoms with E-state index in [0.29, 0.717) is 0 Å². The number of hydrogen-bond donors (Lipinski definition) is 1. The molecule has 0 fully saturated rings. The highest BCUT2D eigenvalue weighted by Gasteiger charge is 2.42. The Balaban J connectivity index is 0.000000240. The van der Waals surface area contributed by atoms with Gasteiger partial charge < -0.3 is 19.6 Å². The fourth-order valence-electron chi connectivity index (χ4n) is 7.42. The highest BCUT2D eigenvalue weighted by molar-refractivity contribution is 5.97. The summed E-state index contributed by atoms with van der Waals surface area (Å²) in [5, 5.41) is 18.8. The van der Waals surface area contributed by atoms with Crippen LogP contribution in [0.4, 0.5) is 0 Å². The van der Waals surface area contributed by atoms with Crippen molar-refractivity contribution in [2.75, 3.05) is 13.1 Å². The van der Waals surface area contributed by atoms with Crippen molar-refractivity contribution in [2.45, 2.75) is 84.5 Å². The summed E-state index contributed by atoms with van der Waals surface area (Å²) in [6, 6.07) is -15.7. The van der Waals surface area contributed by atoms with Crippen molar-refractivity contribution in [3.63, 3.8) is 0 Å². The molecule has 0 spiro atoms. The molecule has 1 N–H and O–H groups in total. The number of amides is 2. The van der Waals surface area contributed by atoms with Crippen molar-refractivity contribution >= 4 is 17.8 Å². The summed E-state index contributed by atoms with van der Waals surface area (Å²) in [6.45, 7) is 10.7. The van der Waals surface area contributed by atoms with E-state index in [4.69, 9.17) is 30.8 Å². The Kier molecular flexibility index (Phi) is 7.89. The molecule has 2 aliphatic heterocycles. The van der Waals surface area contributed by atoms with Crippen molar-refractivity contribution in [3.05, 3.63) is 187 Å². The molecule has 13 heteroatoms. The van der Waals surface area contributed by atoms with E-state index >= 15 is 0 Å². The van der Waals surface area contributed by atoms with Gasteiger partial charge in [-0.3, -0.25) is 33.3 Å². The smallest absolute Gasteiger partial charge is 0.313 e. The highest BCUT2D eigenvalue weighted by Crippen LogP contribution is 2.41. The first-order valence-electron chi connectivity index (χ1n) is 29.6. The average Bonchev–Trinajstić information content (AvgIpc) is 1.84. The molecule has 0 saturated carbocycles. The minimum atomic E-state index is -1.56. The number of esters is 1. The molecule has 8 rings (SSSR count). The summed E-state index contributed by atoms with van der Waals surface area (Å²) in [5.74, 6) is -7.52. The van der Waals surface area contributed by atoms with Crippen LogP contribution in [0.3, 0.4) is 0 Å². The molecule has 2 aromatic heterocycles. The zero-order valence-electron chi connectivity index (χ0n) is 54.7. The molecule has 0 aliphatic carbocycles. The van der Waals surface area contributed by atoms with Crippen LogP contribution in [-0.4, -0.2) is 77.4 Å². The van der Waals surface area contributed by atoms with E-state index in [1.807, 2.05) is 0 Å². The summed E-state index contributed by atoms with van der Waals surface area (Å²) in [5.41, 5.74) is -4.10. The molecule has 1 unspecified atom stereocenters. The van der Waals surface area contributed by atoms with Gasteiger partial charge in [0.15, 0.2) is 17.1 Å². The van der Waals surface area contributed by atoms with E-state index in [0.717, 1.165) is 21.8 Å². The average molecular weight is 882 g/mol. The van der Waals surface area contributed by atoms with Gasteiger partial charge in [-0.25, -0.2) is 0 Å². The maximum absolute atomic E-state index is 13.8. The first-order valence-corrected chi connectivity index (χ1v) is 20.1. The minimum Gasteiger partial charge on any atom is -0.502 e. The second kappa shape index (κ2) is 19.1. The number of fused-ring (bicyclic) bond motifs is 2. The van der Waals surface area contributed by atoms with Gasteiger partial charge in [-0.15, -0.1) is 0 Å². The Hall–Kier alpha value is -7.15. The van der Waals surface area contributed by atoms with Gasteiger partial charge in [-0.2, -0.15) is 10.2 Å². The van der Waals surface area contributed by atoms with Gasteiger partial charge >= 0.3 is 5.97 Å². The van der Waals surface area contributed by atoms with E-state index in [1.54, 1.807) is 27.7 Å². The Morgan fingerprint density at radius 2 is 1.05 bits per heavy atom. The number of hydrogen-bond acceptors (Lipinski definition) is 9. The molecule has 0 saturated heterocycles. The van der Waals surface area contributed by atoms with Crippen LogP contribution in [0.5, 0.6) is 11.5 Å². The van der Waals surface area contributed by atoms with E-state index in [2.05, 4.69) is 10.2 Å². The molecule has 0 radical (unpaired) electrons. The summed E-state index contributed by atoms with van der Waals surface area (Å²) in [4.78, 5) is 67.6. The van der Waals surface area contributed by atoms with Gasteiger partial charge in [0.1, 0.15) is 0 Å². The second-order valence-corrected chi connectivity index (χ2v) is 15.7. The van der Waals surface area contributed by atoms with Crippen molar-refractivity contribution in [1.29, 1.82) is 0 Å². The Morgan fingerprint density at radius 3 is 1.52 bits per heavy atom. The van der Waals surface area contributed by atoms with Gasteiger partial charge in [-0.05, 0) is 56.9 Å². The molecule has 2 amide bonds. The maximum Gasteiger partial charge on any atom is 0.313 e. The van der Waals surface area contributed by atoms with Crippen molar-refractivity contribution in [3.8, 4) is 11.5 Å². The van der Waals surface area contributed by atoms with Crippen LogP contribution < -0.4 is 15.6 Å². The number of aromatic nitrogens is 4. The van der Waals surface area contributed by atoms with Crippen LogP contribution in [-0.2, 0) is 4.79 Å². The topological polar surface area (TPSA) is 157 Å². The van der Waals surface area contributed by atoms with Gasteiger partial charge in [0, 0.05) is 37.0 Å². The zero-order chi connectivity index (χ0) is 62.4. The Morgan fingerprint density at radius 1 is 0.625 bits per heavy atom. The SMILES string of the molecule is [2H]c1c([2H])c([2H])c(C(c2c([2H])c([2H])c([2H])c(C)c2[2H])[C@H]2CN(C(C)C)C(=O)c3c(OC(=O)C(C)C)c(=O)cnn32)c([2H])c1[2H].[2H]c1c([2H])c([2H])c(C(c2c([2H])c([2H])c([2H])c([2H])c2[2H])[C@H]2CN(C(C)C)C(=O)c3c(O)c(=O)cnn32)c([2H])c1[2H]. The largest absolute Gasteiger partial charge is 0.502 e. The molecule has 4 aromatic carbocycles. The zero-order valence-corrected chi connectivity index (χ0v) is 35.7. The highest BCUT2D eigenvalue weighted by atomic mass is 16.5. The molecule has 6 aromatic rings. The lowest BCUT2D eigenvalue weighted by atomic mass is 9.83. The summed E-state index contributed by atoms with van der Waals surface area (Å²) in [7, 11) is 0. The van der Waals surface area contributed by atoms with Crippen molar-refractivity contribution < 1.29 is 50.3 Å². The normalized spacial score (nSPS) is 20.5. The standard InChI is InChI=1S/C28H31N3O4.C23H23N3O3/c1-17(2)28(34)35-26-23(32)15-29-31-22(16-30(18(3)4)27(33)25(26)31)24(20-11-7-6-8-12-20)21-13-9-10-19(5)14-21;1-15(2)25-14-18(26-21(23(25)29)22(28)19(27)13-24-26)20(16-9-5-3-6-10-16)17-11-7-4-8-12-17/h6-15,17-18,22,24H,16H2,1-5H3;3-13,15,18,20,28H,14H2,1-2H3/t22-,24?;18-/m11/s1/i6D,7D,8D,9D,10D,11D,12D,13D,14D;3D,4D,5D,6D,7D,8D,9D,10D,11D,12D. The van der Waals surface area contributed by atoms with E-state index < -0.39 is 207 Å². The number of aromatic hydroxyl groups is 1. The lowest BCUT2D eigenvalue weighted by Gasteiger charge is -2.41. The molecule has 2 aliphatic rings. The molecule has 13 nitrogen and oxygen atoms in total. The monoisotopic (exact) mass is 882 g/mol. The van der Waals surface area contributed by atoms with E-state index in [1.165, 1.54) is 30.6 Å². The summed E-state index contributed by atoms with van der Waals surface area (Å²) >= 11 is 0. The molecule has 4 heterocycles. The number of nitrogens with zero attached hydrogens (tertiary/aromatic N) is 6. The fraction of sp³-hybridized carbons (Fsp3) is 0.314. The van der Waals surface area contributed by atoms with Gasteiger partial charge in [0.2, 0.25) is 16.6 Å². The fourth-order valence-corrected chi connectivity index (χ4v) is 7.42. The van der Waals surface area contributed by atoms with E-state index in [9.17, 15) is 29.1 Å². The third kappa shape index (κ3) is 9.01. The lowest BCUT2D eigenvalue weighted by molar-refractivity contribution is -0.137. The van der Waals surface area contributed by atoms with Crippen LogP contribution in [0.25, 0.3) is 0 Å². The summed E-state index contributed by atoms with van der Waals surface area (Å²) in [6.07, 6.45) is 1.57. The quantitative estimate of drug-likeness (QED) is 0.137. The molecule has 0 bridgehead atoms. The molecule has 64 heavy (non-hydrogen) atoms. The first kappa shape index (κ1) is 26.5. The van der Waals surface area contributed by atoms with Crippen molar-refractivity contribution in [1.82, 2.24) is 29.4 Å².